The molecular formula is C31H57NO4. The Balaban J connectivity index is 3.54. The van der Waals surface area contributed by atoms with Gasteiger partial charge < -0.3 is 14.4 Å². The van der Waals surface area contributed by atoms with Crippen molar-refractivity contribution in [3.8, 4) is 0 Å². The molecule has 0 amide bonds. The fourth-order valence-corrected chi connectivity index (χ4v) is 3.89. The Morgan fingerprint density at radius 3 is 1.56 bits per heavy atom. The lowest BCUT2D eigenvalue weighted by atomic mass is 10.1. The minimum Gasteiger partial charge on any atom is -0.466 e. The van der Waals surface area contributed by atoms with Gasteiger partial charge in [-0.3, -0.25) is 9.59 Å². The van der Waals surface area contributed by atoms with Gasteiger partial charge in [0.1, 0.15) is 0 Å². The summed E-state index contributed by atoms with van der Waals surface area (Å²) in [6.45, 7) is 9.51. The number of rotatable bonds is 26. The number of carbonyl (C=O) groups excluding carboxylic acids is 2. The number of hydrogen-bond donors (Lipinski definition) is 0. The largest absolute Gasteiger partial charge is 0.466 e. The van der Waals surface area contributed by atoms with Crippen LogP contribution < -0.4 is 0 Å². The fourth-order valence-electron chi connectivity index (χ4n) is 3.89. The Bertz CT molecular complexity index is 559. The van der Waals surface area contributed by atoms with Crippen LogP contribution in [-0.2, 0) is 19.1 Å². The number of nitrogens with zero attached hydrogens (tertiary/aromatic N) is 1. The Morgan fingerprint density at radius 1 is 0.583 bits per heavy atom. The van der Waals surface area contributed by atoms with Crippen LogP contribution in [-0.4, -0.2) is 49.7 Å². The Morgan fingerprint density at radius 2 is 1.03 bits per heavy atom. The summed E-state index contributed by atoms with van der Waals surface area (Å²) in [6, 6.07) is 0. The van der Waals surface area contributed by atoms with Gasteiger partial charge in [0.2, 0.25) is 0 Å². The second-order valence-corrected chi connectivity index (χ2v) is 9.67. The summed E-state index contributed by atoms with van der Waals surface area (Å²) in [7, 11) is 0. The summed E-state index contributed by atoms with van der Waals surface area (Å²) in [5, 5.41) is 0. The maximum absolute atomic E-state index is 12.0. The van der Waals surface area contributed by atoms with Crippen LogP contribution in [0.2, 0.25) is 0 Å². The van der Waals surface area contributed by atoms with Crippen LogP contribution in [0.1, 0.15) is 130 Å². The molecule has 0 atom stereocenters. The van der Waals surface area contributed by atoms with Crippen molar-refractivity contribution in [2.75, 3.05) is 32.8 Å². The van der Waals surface area contributed by atoms with Gasteiger partial charge in [0, 0.05) is 13.1 Å². The summed E-state index contributed by atoms with van der Waals surface area (Å²) >= 11 is 0. The van der Waals surface area contributed by atoms with Gasteiger partial charge in [-0.2, -0.15) is 0 Å². The monoisotopic (exact) mass is 507 g/mol. The third-order valence-electron chi connectivity index (χ3n) is 6.33. The van der Waals surface area contributed by atoms with E-state index in [9.17, 15) is 9.59 Å². The first-order valence-electron chi connectivity index (χ1n) is 15.0. The second-order valence-electron chi connectivity index (χ2n) is 9.67. The van der Waals surface area contributed by atoms with E-state index in [1.807, 2.05) is 6.92 Å². The number of allylic oxidation sites excluding steroid dienone is 4. The molecule has 5 heteroatoms. The highest BCUT2D eigenvalue weighted by molar-refractivity contribution is 5.70. The molecule has 0 aliphatic carbocycles. The maximum Gasteiger partial charge on any atom is 0.307 e. The molecule has 0 heterocycles. The molecule has 0 N–H and O–H groups in total. The van der Waals surface area contributed by atoms with E-state index >= 15 is 0 Å². The third-order valence-corrected chi connectivity index (χ3v) is 6.33. The molecule has 5 nitrogen and oxygen atoms in total. The van der Waals surface area contributed by atoms with Gasteiger partial charge in [0.25, 0.3) is 0 Å². The molecule has 0 saturated carbocycles. The lowest BCUT2D eigenvalue weighted by molar-refractivity contribution is -0.144. The van der Waals surface area contributed by atoms with Crippen molar-refractivity contribution in [2.45, 2.75) is 130 Å². The minimum atomic E-state index is -0.149. The molecule has 0 unspecified atom stereocenters. The summed E-state index contributed by atoms with van der Waals surface area (Å²) < 4.78 is 10.6. The zero-order valence-corrected chi connectivity index (χ0v) is 23.9. The van der Waals surface area contributed by atoms with Gasteiger partial charge in [-0.1, -0.05) is 96.4 Å². The topological polar surface area (TPSA) is 55.8 Å². The molecule has 36 heavy (non-hydrogen) atoms. The first kappa shape index (κ1) is 34.4. The van der Waals surface area contributed by atoms with E-state index in [1.54, 1.807) is 0 Å². The van der Waals surface area contributed by atoms with E-state index in [0.29, 0.717) is 39.1 Å². The lowest BCUT2D eigenvalue weighted by Crippen LogP contribution is -2.29. The van der Waals surface area contributed by atoms with Gasteiger partial charge in [-0.05, 0) is 51.5 Å². The molecular weight excluding hydrogens is 450 g/mol. The average Bonchev–Trinajstić information content (AvgIpc) is 2.88. The Labute approximate surface area is 223 Å². The molecule has 0 spiro atoms. The van der Waals surface area contributed by atoms with Gasteiger partial charge in [-0.25, -0.2) is 0 Å². The molecule has 210 valence electrons. The van der Waals surface area contributed by atoms with Crippen molar-refractivity contribution in [3.63, 3.8) is 0 Å². The quantitative estimate of drug-likeness (QED) is 0.0671. The van der Waals surface area contributed by atoms with Crippen molar-refractivity contribution >= 4 is 11.9 Å². The van der Waals surface area contributed by atoms with E-state index in [4.69, 9.17) is 9.47 Å². The number of carbonyl (C=O) groups is 2. The highest BCUT2D eigenvalue weighted by Crippen LogP contribution is 2.09. The zero-order chi connectivity index (χ0) is 26.5. The molecule has 0 aliphatic rings. The molecule has 0 aromatic rings. The van der Waals surface area contributed by atoms with Crippen LogP contribution in [0.25, 0.3) is 0 Å². The maximum atomic E-state index is 12.0. The second kappa shape index (κ2) is 28.0. The molecule has 0 fully saturated rings. The van der Waals surface area contributed by atoms with Crippen LogP contribution in [0.4, 0.5) is 0 Å². The highest BCUT2D eigenvalue weighted by Gasteiger charge is 2.10. The van der Waals surface area contributed by atoms with Crippen LogP contribution >= 0.6 is 0 Å². The molecule has 0 bridgehead atoms. The summed E-state index contributed by atoms with van der Waals surface area (Å²) in [5.74, 6) is -0.289. The summed E-state index contributed by atoms with van der Waals surface area (Å²) in [5.41, 5.74) is 0. The van der Waals surface area contributed by atoms with Gasteiger partial charge in [-0.15, -0.1) is 0 Å². The minimum absolute atomic E-state index is 0.141. The van der Waals surface area contributed by atoms with Crippen molar-refractivity contribution in [1.29, 1.82) is 0 Å². The first-order chi connectivity index (χ1) is 17.6. The smallest absolute Gasteiger partial charge is 0.307 e. The third kappa shape index (κ3) is 25.5. The predicted octanol–water partition coefficient (Wildman–Crippen LogP) is 8.18. The summed E-state index contributed by atoms with van der Waals surface area (Å²) in [4.78, 5) is 25.9. The van der Waals surface area contributed by atoms with Crippen LogP contribution in [0.15, 0.2) is 24.3 Å². The normalized spacial score (nSPS) is 11.7. The molecule has 0 aromatic heterocycles. The van der Waals surface area contributed by atoms with Crippen molar-refractivity contribution in [1.82, 2.24) is 4.90 Å². The number of hydrogen-bond acceptors (Lipinski definition) is 5. The molecule has 0 aliphatic heterocycles. The van der Waals surface area contributed by atoms with Crippen LogP contribution in [0, 0.1) is 0 Å². The predicted molar refractivity (Wildman–Crippen MR) is 152 cm³/mol. The number of unbranched alkanes of at least 4 members (excludes halogenated alkanes) is 11. The van der Waals surface area contributed by atoms with E-state index in [2.05, 4.69) is 43.1 Å². The molecule has 0 radical (unpaired) electrons. The Kier molecular flexibility index (Phi) is 26.7. The molecule has 0 saturated heterocycles. The fraction of sp³-hybridized carbons (Fsp3) is 0.806. The first-order valence-corrected chi connectivity index (χ1v) is 15.0. The van der Waals surface area contributed by atoms with Crippen molar-refractivity contribution in [3.05, 3.63) is 24.3 Å². The van der Waals surface area contributed by atoms with Gasteiger partial charge in [0.05, 0.1) is 26.1 Å². The van der Waals surface area contributed by atoms with Crippen molar-refractivity contribution < 1.29 is 19.1 Å². The Hall–Kier alpha value is -1.62. The molecule has 0 rings (SSSR count). The number of ether oxygens (including phenoxy) is 2. The van der Waals surface area contributed by atoms with Gasteiger partial charge in [0.15, 0.2) is 0 Å². The van der Waals surface area contributed by atoms with E-state index in [-0.39, 0.29) is 11.9 Å². The van der Waals surface area contributed by atoms with Crippen molar-refractivity contribution in [2.24, 2.45) is 0 Å². The standard InChI is InChI=1S/C31H57NO4/c1-4-7-9-10-11-12-13-14-15-16-17-18-19-20-21-23-29-36-31(34)25-27-32(6-3)26-24-30(33)35-28-22-8-5-2/h11-12,14-15H,4-10,13,16-29H2,1-3H3/b12-11-,15-14-. The SMILES string of the molecule is CCCCC/C=C\C/C=C\CCCCCCCCOC(=O)CCN(CC)CCC(=O)OCCCCC. The van der Waals surface area contributed by atoms with E-state index < -0.39 is 0 Å². The summed E-state index contributed by atoms with van der Waals surface area (Å²) in [6.07, 6.45) is 27.6. The lowest BCUT2D eigenvalue weighted by Gasteiger charge is -2.19. The zero-order valence-electron chi connectivity index (χ0n) is 23.9. The van der Waals surface area contributed by atoms with Crippen LogP contribution in [0.5, 0.6) is 0 Å². The number of esters is 2. The van der Waals surface area contributed by atoms with Gasteiger partial charge >= 0.3 is 11.9 Å². The van der Waals surface area contributed by atoms with E-state index in [1.165, 1.54) is 57.8 Å². The molecule has 0 aromatic carbocycles. The highest BCUT2D eigenvalue weighted by atomic mass is 16.5. The average molecular weight is 508 g/mol. The van der Waals surface area contributed by atoms with Crippen LogP contribution in [0.3, 0.4) is 0 Å². The van der Waals surface area contributed by atoms with E-state index in [0.717, 1.165) is 45.1 Å².